The van der Waals surface area contributed by atoms with Gasteiger partial charge in [0.2, 0.25) is 0 Å². The topological polar surface area (TPSA) is 32.3 Å². The number of halogens is 1. The van der Waals surface area contributed by atoms with Gasteiger partial charge in [0.05, 0.1) is 5.60 Å². The second-order valence-electron chi connectivity index (χ2n) is 4.82. The molecule has 90 valence electrons. The Balaban J connectivity index is 2.65. The van der Waals surface area contributed by atoms with E-state index < -0.39 is 5.60 Å². The minimum atomic E-state index is -0.770. The zero-order valence-electron chi connectivity index (χ0n) is 10.3. The molecule has 0 aliphatic carbocycles. The van der Waals surface area contributed by atoms with E-state index in [0.717, 1.165) is 5.56 Å². The Morgan fingerprint density at radius 1 is 1.19 bits per heavy atom. The number of nitrogens with one attached hydrogen (secondary N) is 1. The van der Waals surface area contributed by atoms with Gasteiger partial charge in [-0.25, -0.2) is 4.39 Å². The van der Waals surface area contributed by atoms with Gasteiger partial charge < -0.3 is 10.4 Å². The van der Waals surface area contributed by atoms with Gasteiger partial charge in [-0.2, -0.15) is 0 Å². The first kappa shape index (κ1) is 13.1. The number of aliphatic hydroxyl groups is 1. The molecule has 2 nitrogen and oxygen atoms in total. The number of hydrogen-bond acceptors (Lipinski definition) is 2. The van der Waals surface area contributed by atoms with E-state index in [2.05, 4.69) is 5.32 Å². The molecule has 0 bridgehead atoms. The van der Waals surface area contributed by atoms with Gasteiger partial charge in [0.25, 0.3) is 0 Å². The Morgan fingerprint density at radius 2 is 1.69 bits per heavy atom. The average molecular weight is 225 g/mol. The highest BCUT2D eigenvalue weighted by molar-refractivity contribution is 5.19. The molecular formula is C13H20FNO. The summed E-state index contributed by atoms with van der Waals surface area (Å²) in [5.74, 6) is -0.230. The lowest BCUT2D eigenvalue weighted by atomic mass is 9.98. The van der Waals surface area contributed by atoms with E-state index in [-0.39, 0.29) is 17.9 Å². The van der Waals surface area contributed by atoms with E-state index in [9.17, 15) is 9.50 Å². The molecule has 1 aromatic carbocycles. The first-order valence-electron chi connectivity index (χ1n) is 5.54. The monoisotopic (exact) mass is 225 g/mol. The van der Waals surface area contributed by atoms with Crippen molar-refractivity contribution in [3.8, 4) is 0 Å². The molecule has 2 N–H and O–H groups in total. The van der Waals surface area contributed by atoms with Gasteiger partial charge in [0.1, 0.15) is 5.82 Å². The quantitative estimate of drug-likeness (QED) is 0.825. The van der Waals surface area contributed by atoms with Gasteiger partial charge in [-0.15, -0.1) is 0 Å². The summed E-state index contributed by atoms with van der Waals surface area (Å²) >= 11 is 0. The molecule has 1 rings (SSSR count). The molecule has 0 fully saturated rings. The third kappa shape index (κ3) is 3.58. The Hall–Kier alpha value is -0.930. The normalized spacial score (nSPS) is 15.9. The molecule has 0 spiro atoms. The Labute approximate surface area is 96.5 Å². The highest BCUT2D eigenvalue weighted by atomic mass is 19.1. The molecular weight excluding hydrogens is 205 g/mol. The Morgan fingerprint density at radius 3 is 2.12 bits per heavy atom. The van der Waals surface area contributed by atoms with E-state index >= 15 is 0 Å². The minimum absolute atomic E-state index is 0.0347. The van der Waals surface area contributed by atoms with Crippen molar-refractivity contribution >= 4 is 0 Å². The first-order chi connectivity index (χ1) is 7.30. The van der Waals surface area contributed by atoms with Gasteiger partial charge >= 0.3 is 0 Å². The summed E-state index contributed by atoms with van der Waals surface area (Å²) in [5, 5.41) is 13.1. The Bertz CT molecular complexity index is 329. The third-order valence-corrected chi connectivity index (χ3v) is 2.93. The lowest BCUT2D eigenvalue weighted by molar-refractivity contribution is 0.0405. The van der Waals surface area contributed by atoms with Gasteiger partial charge in [0.15, 0.2) is 0 Å². The van der Waals surface area contributed by atoms with Crippen LogP contribution in [0, 0.1) is 5.82 Å². The highest BCUT2D eigenvalue weighted by Crippen LogP contribution is 2.17. The maximum Gasteiger partial charge on any atom is 0.123 e. The van der Waals surface area contributed by atoms with Crippen LogP contribution in [0.1, 0.15) is 39.3 Å². The fraction of sp³-hybridized carbons (Fsp3) is 0.538. The van der Waals surface area contributed by atoms with Crippen LogP contribution in [-0.2, 0) is 0 Å². The second-order valence-corrected chi connectivity index (χ2v) is 4.82. The molecule has 3 heteroatoms. The molecule has 0 heterocycles. The SMILES string of the molecule is CC(NC(C)C(C)(C)O)c1ccc(F)cc1. The van der Waals surface area contributed by atoms with Crippen LogP contribution >= 0.6 is 0 Å². The highest BCUT2D eigenvalue weighted by Gasteiger charge is 2.23. The molecule has 1 aromatic rings. The van der Waals surface area contributed by atoms with E-state index in [1.54, 1.807) is 26.0 Å². The molecule has 2 unspecified atom stereocenters. The Kier molecular flexibility index (Phi) is 4.05. The standard InChI is InChI=1S/C13H20FNO/c1-9(15-10(2)13(3,4)16)11-5-7-12(14)8-6-11/h5-10,15-16H,1-4H3. The predicted octanol–water partition coefficient (Wildman–Crippen LogP) is 2.64. The van der Waals surface area contributed by atoms with Crippen LogP contribution < -0.4 is 5.32 Å². The van der Waals surface area contributed by atoms with E-state index in [1.807, 2.05) is 13.8 Å². The maximum atomic E-state index is 12.7. The summed E-state index contributed by atoms with van der Waals surface area (Å²) in [7, 11) is 0. The first-order valence-corrected chi connectivity index (χ1v) is 5.54. The van der Waals surface area contributed by atoms with Crippen molar-refractivity contribution in [3.63, 3.8) is 0 Å². The smallest absolute Gasteiger partial charge is 0.123 e. The largest absolute Gasteiger partial charge is 0.389 e. The van der Waals surface area contributed by atoms with Crippen LogP contribution in [0.15, 0.2) is 24.3 Å². The van der Waals surface area contributed by atoms with Crippen molar-refractivity contribution in [1.82, 2.24) is 5.32 Å². The van der Waals surface area contributed by atoms with Crippen molar-refractivity contribution in [1.29, 1.82) is 0 Å². The molecule has 0 aliphatic heterocycles. The molecule has 2 atom stereocenters. The molecule has 0 amide bonds. The lowest BCUT2D eigenvalue weighted by Gasteiger charge is -2.30. The van der Waals surface area contributed by atoms with Crippen LogP contribution in [-0.4, -0.2) is 16.7 Å². The van der Waals surface area contributed by atoms with Crippen LogP contribution in [0.2, 0.25) is 0 Å². The number of benzene rings is 1. The van der Waals surface area contributed by atoms with E-state index in [0.29, 0.717) is 0 Å². The summed E-state index contributed by atoms with van der Waals surface area (Å²) in [4.78, 5) is 0. The molecule has 16 heavy (non-hydrogen) atoms. The van der Waals surface area contributed by atoms with Crippen molar-refractivity contribution in [3.05, 3.63) is 35.6 Å². The molecule has 0 saturated carbocycles. The molecule has 0 radical (unpaired) electrons. The molecule has 0 saturated heterocycles. The van der Waals surface area contributed by atoms with Crippen molar-refractivity contribution in [2.24, 2.45) is 0 Å². The van der Waals surface area contributed by atoms with Crippen molar-refractivity contribution < 1.29 is 9.50 Å². The predicted molar refractivity (Wildman–Crippen MR) is 63.7 cm³/mol. The third-order valence-electron chi connectivity index (χ3n) is 2.93. The summed E-state index contributed by atoms with van der Waals surface area (Å²) in [6.45, 7) is 7.46. The molecule has 0 aromatic heterocycles. The summed E-state index contributed by atoms with van der Waals surface area (Å²) < 4.78 is 12.7. The van der Waals surface area contributed by atoms with E-state index in [4.69, 9.17) is 0 Å². The fourth-order valence-corrected chi connectivity index (χ4v) is 1.43. The van der Waals surface area contributed by atoms with Crippen LogP contribution in [0.5, 0.6) is 0 Å². The van der Waals surface area contributed by atoms with Gasteiger partial charge in [-0.05, 0) is 45.4 Å². The summed E-state index contributed by atoms with van der Waals surface area (Å²) in [5.41, 5.74) is 0.242. The van der Waals surface area contributed by atoms with E-state index in [1.165, 1.54) is 12.1 Å². The summed E-state index contributed by atoms with van der Waals surface area (Å²) in [6.07, 6.45) is 0. The van der Waals surface area contributed by atoms with Gasteiger partial charge in [-0.3, -0.25) is 0 Å². The molecule has 0 aliphatic rings. The van der Waals surface area contributed by atoms with Crippen molar-refractivity contribution in [2.75, 3.05) is 0 Å². The second kappa shape index (κ2) is 4.93. The lowest BCUT2D eigenvalue weighted by Crippen LogP contribution is -2.45. The minimum Gasteiger partial charge on any atom is -0.389 e. The fourth-order valence-electron chi connectivity index (χ4n) is 1.43. The summed E-state index contributed by atoms with van der Waals surface area (Å²) in [6, 6.07) is 6.45. The zero-order valence-corrected chi connectivity index (χ0v) is 10.3. The zero-order chi connectivity index (χ0) is 12.3. The van der Waals surface area contributed by atoms with Gasteiger partial charge in [0, 0.05) is 12.1 Å². The average Bonchev–Trinajstić information content (AvgIpc) is 2.17. The van der Waals surface area contributed by atoms with Crippen LogP contribution in [0.25, 0.3) is 0 Å². The number of rotatable bonds is 4. The van der Waals surface area contributed by atoms with Gasteiger partial charge in [-0.1, -0.05) is 12.1 Å². The number of hydrogen-bond donors (Lipinski definition) is 2. The van der Waals surface area contributed by atoms with Crippen LogP contribution in [0.3, 0.4) is 0 Å². The maximum absolute atomic E-state index is 12.7. The van der Waals surface area contributed by atoms with Crippen molar-refractivity contribution in [2.45, 2.75) is 45.4 Å². The van der Waals surface area contributed by atoms with Crippen LogP contribution in [0.4, 0.5) is 4.39 Å².